The fraction of sp³-hybridized carbons (Fsp3) is 0.0667. The van der Waals surface area contributed by atoms with Gasteiger partial charge in [0, 0.05) is 17.2 Å². The number of non-ortho nitro benzene ring substituents is 1. The van der Waals surface area contributed by atoms with E-state index in [2.05, 4.69) is 0 Å². The maximum absolute atomic E-state index is 10.7. The van der Waals surface area contributed by atoms with Gasteiger partial charge in [-0.05, 0) is 23.3 Å². The second-order valence-corrected chi connectivity index (χ2v) is 4.64. The Balaban J connectivity index is 2.14. The molecule has 0 saturated carbocycles. The third kappa shape index (κ3) is 3.66. The monoisotopic (exact) mass is 289 g/mol. The fourth-order valence-electron chi connectivity index (χ4n) is 1.72. The standard InChI is InChI=1S/C15H12ClNO3/c16-13-7-5-12(6-8-13)15(18)9-4-11-2-1-3-14(10-11)17(19)20/h1-10,15,18H. The Morgan fingerprint density at radius 2 is 1.90 bits per heavy atom. The number of benzene rings is 2. The zero-order chi connectivity index (χ0) is 14.5. The molecule has 0 bridgehead atoms. The van der Waals surface area contributed by atoms with Gasteiger partial charge in [0.1, 0.15) is 0 Å². The normalized spacial score (nSPS) is 12.5. The molecule has 2 aromatic carbocycles. The van der Waals surface area contributed by atoms with Crippen molar-refractivity contribution in [1.29, 1.82) is 0 Å². The summed E-state index contributed by atoms with van der Waals surface area (Å²) in [7, 11) is 0. The van der Waals surface area contributed by atoms with Crippen molar-refractivity contribution >= 4 is 23.4 Å². The van der Waals surface area contributed by atoms with Gasteiger partial charge in [-0.1, -0.05) is 48.0 Å². The molecule has 0 amide bonds. The van der Waals surface area contributed by atoms with Gasteiger partial charge in [0.25, 0.3) is 5.69 Å². The van der Waals surface area contributed by atoms with Crippen molar-refractivity contribution in [2.45, 2.75) is 6.10 Å². The van der Waals surface area contributed by atoms with Crippen LogP contribution in [-0.4, -0.2) is 10.0 Å². The highest BCUT2D eigenvalue weighted by molar-refractivity contribution is 6.30. The lowest BCUT2D eigenvalue weighted by Gasteiger charge is -2.05. The molecule has 1 atom stereocenters. The third-order valence-corrected chi connectivity index (χ3v) is 3.02. The summed E-state index contributed by atoms with van der Waals surface area (Å²) in [5, 5.41) is 21.3. The van der Waals surface area contributed by atoms with Gasteiger partial charge in [0.15, 0.2) is 0 Å². The summed E-state index contributed by atoms with van der Waals surface area (Å²) in [5.74, 6) is 0. The van der Waals surface area contributed by atoms with E-state index in [0.29, 0.717) is 16.1 Å². The lowest BCUT2D eigenvalue weighted by molar-refractivity contribution is -0.384. The predicted octanol–water partition coefficient (Wildman–Crippen LogP) is 4.00. The molecule has 1 N–H and O–H groups in total. The van der Waals surface area contributed by atoms with Crippen LogP contribution >= 0.6 is 11.6 Å². The van der Waals surface area contributed by atoms with Gasteiger partial charge in [-0.2, -0.15) is 0 Å². The van der Waals surface area contributed by atoms with Crippen LogP contribution in [0.3, 0.4) is 0 Å². The lowest BCUT2D eigenvalue weighted by atomic mass is 10.1. The maximum Gasteiger partial charge on any atom is 0.270 e. The van der Waals surface area contributed by atoms with Gasteiger partial charge >= 0.3 is 0 Å². The lowest BCUT2D eigenvalue weighted by Crippen LogP contribution is -1.92. The predicted molar refractivity (Wildman–Crippen MR) is 78.5 cm³/mol. The van der Waals surface area contributed by atoms with Crippen LogP contribution in [0.25, 0.3) is 6.08 Å². The van der Waals surface area contributed by atoms with Gasteiger partial charge in [-0.15, -0.1) is 0 Å². The highest BCUT2D eigenvalue weighted by Crippen LogP contribution is 2.20. The van der Waals surface area contributed by atoms with Crippen LogP contribution in [0.15, 0.2) is 54.6 Å². The number of hydrogen-bond acceptors (Lipinski definition) is 3. The molecule has 0 heterocycles. The van der Waals surface area contributed by atoms with Gasteiger partial charge in [-0.3, -0.25) is 10.1 Å². The Labute approximate surface area is 121 Å². The molecule has 0 radical (unpaired) electrons. The quantitative estimate of drug-likeness (QED) is 0.683. The van der Waals surface area contributed by atoms with Crippen molar-refractivity contribution in [3.05, 3.63) is 80.9 Å². The number of nitro benzene ring substituents is 1. The first-order valence-corrected chi connectivity index (χ1v) is 6.30. The van der Waals surface area contributed by atoms with E-state index in [0.717, 1.165) is 0 Å². The second kappa shape index (κ2) is 6.32. The average Bonchev–Trinajstić information content (AvgIpc) is 2.46. The first-order chi connectivity index (χ1) is 9.56. The fourth-order valence-corrected chi connectivity index (χ4v) is 1.84. The number of hydrogen-bond donors (Lipinski definition) is 1. The summed E-state index contributed by atoms with van der Waals surface area (Å²) < 4.78 is 0. The molecule has 0 aromatic heterocycles. The zero-order valence-electron chi connectivity index (χ0n) is 10.4. The van der Waals surface area contributed by atoms with E-state index in [9.17, 15) is 15.2 Å². The Morgan fingerprint density at radius 1 is 1.20 bits per heavy atom. The van der Waals surface area contributed by atoms with E-state index in [1.807, 2.05) is 0 Å². The van der Waals surface area contributed by atoms with Gasteiger partial charge in [0.2, 0.25) is 0 Å². The van der Waals surface area contributed by atoms with Crippen LogP contribution in [0.2, 0.25) is 5.02 Å². The molecule has 2 aromatic rings. The molecule has 0 aliphatic heterocycles. The van der Waals surface area contributed by atoms with Crippen LogP contribution in [0, 0.1) is 10.1 Å². The number of nitro groups is 1. The van der Waals surface area contributed by atoms with Gasteiger partial charge in [0.05, 0.1) is 11.0 Å². The molecule has 2 rings (SSSR count). The highest BCUT2D eigenvalue weighted by Gasteiger charge is 2.05. The minimum absolute atomic E-state index is 0.0214. The van der Waals surface area contributed by atoms with E-state index >= 15 is 0 Å². The minimum atomic E-state index is -0.786. The summed E-state index contributed by atoms with van der Waals surface area (Å²) in [5.41, 5.74) is 1.39. The third-order valence-electron chi connectivity index (χ3n) is 2.76. The smallest absolute Gasteiger partial charge is 0.270 e. The number of nitrogens with zero attached hydrogens (tertiary/aromatic N) is 1. The molecule has 0 saturated heterocycles. The molecule has 4 nitrogen and oxygen atoms in total. The van der Waals surface area contributed by atoms with E-state index in [1.165, 1.54) is 12.1 Å². The summed E-state index contributed by atoms with van der Waals surface area (Å²) >= 11 is 5.77. The van der Waals surface area contributed by atoms with E-state index in [-0.39, 0.29) is 5.69 Å². The Hall–Kier alpha value is -2.17. The van der Waals surface area contributed by atoms with E-state index in [1.54, 1.807) is 48.6 Å². The van der Waals surface area contributed by atoms with Crippen LogP contribution in [0.5, 0.6) is 0 Å². The Kier molecular flexibility index (Phi) is 4.50. The molecule has 0 aliphatic carbocycles. The van der Waals surface area contributed by atoms with Gasteiger partial charge in [-0.25, -0.2) is 0 Å². The first-order valence-electron chi connectivity index (χ1n) is 5.92. The molecule has 5 heteroatoms. The first kappa shape index (κ1) is 14.2. The minimum Gasteiger partial charge on any atom is -0.384 e. The van der Waals surface area contributed by atoms with Crippen molar-refractivity contribution in [2.75, 3.05) is 0 Å². The molecule has 1 unspecified atom stereocenters. The Morgan fingerprint density at radius 3 is 2.55 bits per heavy atom. The van der Waals surface area contributed by atoms with Crippen molar-refractivity contribution in [3.63, 3.8) is 0 Å². The largest absolute Gasteiger partial charge is 0.384 e. The summed E-state index contributed by atoms with van der Waals surface area (Å²) in [6, 6.07) is 13.1. The molecule has 20 heavy (non-hydrogen) atoms. The molecule has 102 valence electrons. The van der Waals surface area contributed by atoms with Crippen molar-refractivity contribution in [1.82, 2.24) is 0 Å². The molecule has 0 aliphatic rings. The Bertz CT molecular complexity index is 638. The van der Waals surface area contributed by atoms with E-state index < -0.39 is 11.0 Å². The van der Waals surface area contributed by atoms with Gasteiger partial charge < -0.3 is 5.11 Å². The topological polar surface area (TPSA) is 63.4 Å². The summed E-state index contributed by atoms with van der Waals surface area (Å²) in [6.07, 6.45) is 2.43. The average molecular weight is 290 g/mol. The van der Waals surface area contributed by atoms with Crippen molar-refractivity contribution in [3.8, 4) is 0 Å². The van der Waals surface area contributed by atoms with Crippen LogP contribution in [0.1, 0.15) is 17.2 Å². The van der Waals surface area contributed by atoms with E-state index in [4.69, 9.17) is 11.6 Å². The number of rotatable bonds is 4. The summed E-state index contributed by atoms with van der Waals surface area (Å²) in [6.45, 7) is 0. The summed E-state index contributed by atoms with van der Waals surface area (Å²) in [4.78, 5) is 10.2. The molecular formula is C15H12ClNO3. The molecule has 0 fully saturated rings. The zero-order valence-corrected chi connectivity index (χ0v) is 11.2. The number of aliphatic hydroxyl groups is 1. The van der Waals surface area contributed by atoms with Crippen molar-refractivity contribution in [2.24, 2.45) is 0 Å². The molecule has 0 spiro atoms. The number of halogens is 1. The molecular weight excluding hydrogens is 278 g/mol. The van der Waals surface area contributed by atoms with Crippen LogP contribution in [0.4, 0.5) is 5.69 Å². The number of aliphatic hydroxyl groups excluding tert-OH is 1. The SMILES string of the molecule is O=[N+]([O-])c1cccc(C=CC(O)c2ccc(Cl)cc2)c1. The van der Waals surface area contributed by atoms with Crippen LogP contribution in [-0.2, 0) is 0 Å². The second-order valence-electron chi connectivity index (χ2n) is 4.21. The van der Waals surface area contributed by atoms with Crippen molar-refractivity contribution < 1.29 is 10.0 Å². The van der Waals surface area contributed by atoms with Crippen LogP contribution < -0.4 is 0 Å². The highest BCUT2D eigenvalue weighted by atomic mass is 35.5. The maximum atomic E-state index is 10.7.